The first-order valence-corrected chi connectivity index (χ1v) is 7.65. The van der Waals surface area contributed by atoms with Crippen LogP contribution in [0.2, 0.25) is 9.73 Å². The monoisotopic (exact) mass is 318 g/mol. The second kappa shape index (κ2) is 4.01. The summed E-state index contributed by atoms with van der Waals surface area (Å²) in [6.07, 6.45) is 2.56. The predicted octanol–water partition coefficient (Wildman–Crippen LogP) is 1.38. The van der Waals surface area contributed by atoms with E-state index >= 15 is 0 Å². The van der Waals surface area contributed by atoms with Gasteiger partial charge in [0, 0.05) is 0 Å². The van der Waals surface area contributed by atoms with Crippen molar-refractivity contribution in [2.75, 3.05) is 0 Å². The number of aryl methyl sites for hydroxylation is 1. The predicted molar refractivity (Wildman–Crippen MR) is 63.4 cm³/mol. The number of hydrogen-bond donors (Lipinski definition) is 0. The van der Waals surface area contributed by atoms with E-state index in [2.05, 4.69) is 12.1 Å². The maximum absolute atomic E-state index is 5.97. The molecule has 70 valence electrons. The Balaban J connectivity index is 2.44. The molecule has 0 saturated carbocycles. The standard InChI is InChI=1S/C10H13As2Cl/c11-9-4-1-6-5-7(13)2-3-8(6)10(9)12/h2-3,5,9-10H,1,4,11-12H2/t9-,10-/m0/s1. The van der Waals surface area contributed by atoms with Crippen molar-refractivity contribution in [1.29, 1.82) is 0 Å². The maximum atomic E-state index is 5.97. The van der Waals surface area contributed by atoms with E-state index in [0.717, 1.165) is 14.4 Å². The molecular formula is C10H13As2Cl. The molecule has 0 heterocycles. The summed E-state index contributed by atoms with van der Waals surface area (Å²) in [5.41, 5.74) is 3.03. The van der Waals surface area contributed by atoms with Gasteiger partial charge in [0.15, 0.2) is 0 Å². The second-order valence-corrected chi connectivity index (χ2v) is 7.31. The molecule has 1 aliphatic rings. The van der Waals surface area contributed by atoms with Gasteiger partial charge in [0.05, 0.1) is 0 Å². The van der Waals surface area contributed by atoms with Gasteiger partial charge in [-0.3, -0.25) is 0 Å². The molecule has 0 saturated heterocycles. The Morgan fingerprint density at radius 2 is 2.08 bits per heavy atom. The zero-order valence-corrected chi connectivity index (χ0v) is 12.9. The van der Waals surface area contributed by atoms with Gasteiger partial charge in [-0.15, -0.1) is 0 Å². The number of benzene rings is 1. The molecule has 2 rings (SSSR count). The summed E-state index contributed by atoms with van der Waals surface area (Å²) in [6, 6.07) is 6.39. The van der Waals surface area contributed by atoms with Crippen LogP contribution in [-0.4, -0.2) is 33.7 Å². The van der Waals surface area contributed by atoms with E-state index in [-0.39, 0.29) is 0 Å². The SMILES string of the molecule is Clc1ccc2c(c1)CC[C@H]([AsH2])[C@H]2[AsH2]. The van der Waals surface area contributed by atoms with E-state index in [1.807, 2.05) is 39.8 Å². The van der Waals surface area contributed by atoms with Gasteiger partial charge in [0.2, 0.25) is 0 Å². The van der Waals surface area contributed by atoms with Gasteiger partial charge in [-0.1, -0.05) is 0 Å². The van der Waals surface area contributed by atoms with Crippen molar-refractivity contribution >= 4 is 45.3 Å². The van der Waals surface area contributed by atoms with Crippen molar-refractivity contribution in [3.05, 3.63) is 34.3 Å². The zero-order chi connectivity index (χ0) is 9.42. The molecule has 0 aliphatic heterocycles. The molecule has 3 heteroatoms. The van der Waals surface area contributed by atoms with Gasteiger partial charge in [0.25, 0.3) is 0 Å². The van der Waals surface area contributed by atoms with Gasteiger partial charge in [0.1, 0.15) is 0 Å². The van der Waals surface area contributed by atoms with Gasteiger partial charge in [-0.2, -0.15) is 0 Å². The van der Waals surface area contributed by atoms with Crippen molar-refractivity contribution < 1.29 is 0 Å². The molecule has 1 aliphatic carbocycles. The number of rotatable bonds is 0. The number of hydrogen-bond acceptors (Lipinski definition) is 0. The van der Waals surface area contributed by atoms with E-state index < -0.39 is 0 Å². The topological polar surface area (TPSA) is 0 Å². The molecule has 1 aromatic carbocycles. The van der Waals surface area contributed by atoms with Crippen LogP contribution >= 0.6 is 11.6 Å². The fourth-order valence-corrected chi connectivity index (χ4v) is 3.91. The number of halogens is 1. The molecule has 0 nitrogen and oxygen atoms in total. The molecule has 0 N–H and O–H groups in total. The van der Waals surface area contributed by atoms with E-state index in [0.29, 0.717) is 0 Å². The van der Waals surface area contributed by atoms with E-state index in [4.69, 9.17) is 11.6 Å². The summed E-state index contributed by atoms with van der Waals surface area (Å²) in [4.78, 5) is 0. The van der Waals surface area contributed by atoms with Crippen LogP contribution in [0, 0.1) is 0 Å². The molecule has 0 aromatic heterocycles. The summed E-state index contributed by atoms with van der Waals surface area (Å²) in [7, 11) is 0. The van der Waals surface area contributed by atoms with Crippen LogP contribution in [0.3, 0.4) is 0 Å². The van der Waals surface area contributed by atoms with Crippen molar-refractivity contribution in [1.82, 2.24) is 0 Å². The summed E-state index contributed by atoms with van der Waals surface area (Å²) in [5.74, 6) is 0. The number of fused-ring (bicyclic) bond motifs is 1. The molecule has 0 spiro atoms. The Bertz CT molecular complexity index is 325. The van der Waals surface area contributed by atoms with Crippen LogP contribution in [0.1, 0.15) is 22.3 Å². The third kappa shape index (κ3) is 2.01. The third-order valence-electron chi connectivity index (χ3n) is 2.67. The van der Waals surface area contributed by atoms with Crippen molar-refractivity contribution in [2.24, 2.45) is 0 Å². The zero-order valence-electron chi connectivity index (χ0n) is 7.33. The van der Waals surface area contributed by atoms with Crippen molar-refractivity contribution in [3.63, 3.8) is 0 Å². The summed E-state index contributed by atoms with van der Waals surface area (Å²) >= 11 is 9.72. The van der Waals surface area contributed by atoms with Crippen molar-refractivity contribution in [3.8, 4) is 0 Å². The van der Waals surface area contributed by atoms with Crippen molar-refractivity contribution in [2.45, 2.75) is 22.3 Å². The van der Waals surface area contributed by atoms with Gasteiger partial charge in [-0.25, -0.2) is 0 Å². The Labute approximate surface area is 101 Å². The summed E-state index contributed by atoms with van der Waals surface area (Å²) in [5, 5.41) is 0.888. The van der Waals surface area contributed by atoms with Gasteiger partial charge < -0.3 is 0 Å². The molecular weight excluding hydrogens is 305 g/mol. The van der Waals surface area contributed by atoms with Gasteiger partial charge >= 0.3 is 102 Å². The van der Waals surface area contributed by atoms with Crippen LogP contribution in [-0.2, 0) is 6.42 Å². The second-order valence-electron chi connectivity index (χ2n) is 3.57. The third-order valence-corrected chi connectivity index (χ3v) is 8.22. The molecule has 1 aromatic rings. The van der Waals surface area contributed by atoms with Crippen LogP contribution < -0.4 is 0 Å². The molecule has 4 atom stereocenters. The minimum atomic E-state index is 0.786. The van der Waals surface area contributed by atoms with Crippen LogP contribution in [0.15, 0.2) is 18.2 Å². The molecule has 13 heavy (non-hydrogen) atoms. The van der Waals surface area contributed by atoms with E-state index in [1.165, 1.54) is 18.4 Å². The Morgan fingerprint density at radius 3 is 2.85 bits per heavy atom. The Hall–Kier alpha value is 0.627. The van der Waals surface area contributed by atoms with Crippen LogP contribution in [0.25, 0.3) is 0 Å². The minimum absolute atomic E-state index is 0.786. The molecule has 2 unspecified atom stereocenters. The Kier molecular flexibility index (Phi) is 3.13. The fraction of sp³-hybridized carbons (Fsp3) is 0.400. The molecule has 0 fully saturated rings. The summed E-state index contributed by atoms with van der Waals surface area (Å²) in [6.45, 7) is 0. The quantitative estimate of drug-likeness (QED) is 0.634. The first-order chi connectivity index (χ1) is 6.18. The first-order valence-electron chi connectivity index (χ1n) is 4.48. The molecule has 0 amide bonds. The fourth-order valence-electron chi connectivity index (χ4n) is 1.85. The average Bonchev–Trinajstić information content (AvgIpc) is 2.12. The Morgan fingerprint density at radius 1 is 1.31 bits per heavy atom. The normalized spacial score (nSPS) is 27.0. The van der Waals surface area contributed by atoms with E-state index in [9.17, 15) is 0 Å². The van der Waals surface area contributed by atoms with E-state index in [1.54, 1.807) is 5.56 Å². The van der Waals surface area contributed by atoms with Crippen LogP contribution in [0.4, 0.5) is 0 Å². The first kappa shape index (κ1) is 10.2. The molecule has 0 radical (unpaired) electrons. The average molecular weight is 319 g/mol. The van der Waals surface area contributed by atoms with Crippen LogP contribution in [0.5, 0.6) is 0 Å². The molecule has 0 bridgehead atoms. The summed E-state index contributed by atoms with van der Waals surface area (Å²) < 4.78 is 1.69. The van der Waals surface area contributed by atoms with Gasteiger partial charge in [-0.05, 0) is 0 Å².